The minimum Gasteiger partial charge on any atom is -0.313 e. The third-order valence-corrected chi connectivity index (χ3v) is 5.73. The van der Waals surface area contributed by atoms with E-state index in [0.717, 1.165) is 17.5 Å². The highest BCUT2D eigenvalue weighted by Crippen LogP contribution is 2.38. The fourth-order valence-corrected chi connectivity index (χ4v) is 4.94. The van der Waals surface area contributed by atoms with E-state index in [2.05, 4.69) is 37.4 Å². The number of thioether (sulfide) groups is 1. The Kier molecular flexibility index (Phi) is 6.73. The van der Waals surface area contributed by atoms with E-state index in [1.165, 1.54) is 37.0 Å². The van der Waals surface area contributed by atoms with Gasteiger partial charge in [-0.05, 0) is 49.9 Å². The molecule has 0 heterocycles. The lowest BCUT2D eigenvalue weighted by Crippen LogP contribution is -2.42. The predicted octanol–water partition coefficient (Wildman–Crippen LogP) is 5.38. The maximum absolute atomic E-state index is 6.11. The molecule has 3 atom stereocenters. The van der Waals surface area contributed by atoms with Gasteiger partial charge in [0.25, 0.3) is 0 Å². The van der Waals surface area contributed by atoms with Crippen molar-refractivity contribution >= 4 is 23.4 Å². The van der Waals surface area contributed by atoms with E-state index in [4.69, 9.17) is 11.6 Å². The van der Waals surface area contributed by atoms with Crippen LogP contribution in [0.3, 0.4) is 0 Å². The number of hydrogen-bond donors (Lipinski definition) is 1. The maximum Gasteiger partial charge on any atom is 0.0417 e. The van der Waals surface area contributed by atoms with E-state index in [1.54, 1.807) is 0 Å². The van der Waals surface area contributed by atoms with Crippen molar-refractivity contribution in [3.05, 3.63) is 29.3 Å². The van der Waals surface area contributed by atoms with Crippen LogP contribution in [0.5, 0.6) is 0 Å². The quantitative estimate of drug-likeness (QED) is 0.757. The summed E-state index contributed by atoms with van der Waals surface area (Å²) in [6, 6.07) is 8.94. The molecule has 2 rings (SSSR count). The molecule has 1 aromatic carbocycles. The third kappa shape index (κ3) is 4.68. The van der Waals surface area contributed by atoms with E-state index >= 15 is 0 Å². The van der Waals surface area contributed by atoms with Crippen molar-refractivity contribution in [3.8, 4) is 0 Å². The van der Waals surface area contributed by atoms with Crippen LogP contribution >= 0.6 is 23.4 Å². The summed E-state index contributed by atoms with van der Waals surface area (Å²) in [6.45, 7) is 5.57. The van der Waals surface area contributed by atoms with Gasteiger partial charge in [0, 0.05) is 21.2 Å². The van der Waals surface area contributed by atoms with E-state index in [-0.39, 0.29) is 0 Å². The summed E-state index contributed by atoms with van der Waals surface area (Å²) >= 11 is 8.12. The zero-order valence-electron chi connectivity index (χ0n) is 12.6. The monoisotopic (exact) mass is 311 g/mol. The van der Waals surface area contributed by atoms with Crippen LogP contribution in [0, 0.1) is 5.92 Å². The molecule has 3 heteroatoms. The summed E-state index contributed by atoms with van der Waals surface area (Å²) < 4.78 is 0. The van der Waals surface area contributed by atoms with Crippen LogP contribution in [-0.2, 0) is 0 Å². The molecular formula is C17H26ClNS. The van der Waals surface area contributed by atoms with Gasteiger partial charge in [0.1, 0.15) is 0 Å². The molecule has 1 N–H and O–H groups in total. The SMILES string of the molecule is CCCC1CCC(NCC)C(Sc2cccc(Cl)c2)C1. The average Bonchev–Trinajstić information content (AvgIpc) is 2.42. The summed E-state index contributed by atoms with van der Waals surface area (Å²) in [7, 11) is 0. The summed E-state index contributed by atoms with van der Waals surface area (Å²) in [5.41, 5.74) is 0. The molecule has 1 aromatic rings. The summed E-state index contributed by atoms with van der Waals surface area (Å²) in [5, 5.41) is 5.20. The fraction of sp³-hybridized carbons (Fsp3) is 0.647. The molecule has 1 fully saturated rings. The highest BCUT2D eigenvalue weighted by molar-refractivity contribution is 8.00. The van der Waals surface area contributed by atoms with Crippen LogP contribution in [-0.4, -0.2) is 17.8 Å². The van der Waals surface area contributed by atoms with Crippen LogP contribution in [0.25, 0.3) is 0 Å². The Morgan fingerprint density at radius 3 is 2.85 bits per heavy atom. The topological polar surface area (TPSA) is 12.0 Å². The first-order valence-corrected chi connectivity index (χ1v) is 9.14. The molecule has 0 aliphatic heterocycles. The molecule has 0 radical (unpaired) electrons. The van der Waals surface area contributed by atoms with Gasteiger partial charge in [0.15, 0.2) is 0 Å². The Hall–Kier alpha value is -0.180. The molecular weight excluding hydrogens is 286 g/mol. The van der Waals surface area contributed by atoms with Crippen molar-refractivity contribution in [1.29, 1.82) is 0 Å². The Morgan fingerprint density at radius 2 is 2.15 bits per heavy atom. The van der Waals surface area contributed by atoms with Crippen molar-refractivity contribution in [1.82, 2.24) is 5.32 Å². The van der Waals surface area contributed by atoms with Crippen molar-refractivity contribution < 1.29 is 0 Å². The number of benzene rings is 1. The largest absolute Gasteiger partial charge is 0.313 e. The first-order valence-electron chi connectivity index (χ1n) is 7.88. The minimum atomic E-state index is 0.650. The molecule has 1 saturated carbocycles. The van der Waals surface area contributed by atoms with Gasteiger partial charge in [-0.2, -0.15) is 0 Å². The van der Waals surface area contributed by atoms with Crippen molar-refractivity contribution in [2.45, 2.75) is 62.1 Å². The van der Waals surface area contributed by atoms with Gasteiger partial charge in [-0.15, -0.1) is 11.8 Å². The number of hydrogen-bond acceptors (Lipinski definition) is 2. The highest BCUT2D eigenvalue weighted by Gasteiger charge is 2.30. The Balaban J connectivity index is 2.02. The van der Waals surface area contributed by atoms with Crippen LogP contribution in [0.15, 0.2) is 29.2 Å². The number of rotatable bonds is 6. The van der Waals surface area contributed by atoms with Gasteiger partial charge in [-0.25, -0.2) is 0 Å². The van der Waals surface area contributed by atoms with E-state index in [9.17, 15) is 0 Å². The second-order valence-electron chi connectivity index (χ2n) is 5.75. The van der Waals surface area contributed by atoms with Crippen LogP contribution in [0.2, 0.25) is 5.02 Å². The highest BCUT2D eigenvalue weighted by atomic mass is 35.5. The zero-order chi connectivity index (χ0) is 14.4. The Labute approximate surface area is 132 Å². The maximum atomic E-state index is 6.11. The molecule has 0 amide bonds. The molecule has 3 unspecified atom stereocenters. The summed E-state index contributed by atoms with van der Waals surface area (Å²) in [5.74, 6) is 0.909. The van der Waals surface area contributed by atoms with E-state index in [0.29, 0.717) is 11.3 Å². The first-order chi connectivity index (χ1) is 9.72. The molecule has 1 nitrogen and oxygen atoms in total. The first kappa shape index (κ1) is 16.2. The van der Waals surface area contributed by atoms with Crippen molar-refractivity contribution in [2.24, 2.45) is 5.92 Å². The lowest BCUT2D eigenvalue weighted by Gasteiger charge is -2.36. The normalized spacial score (nSPS) is 26.6. The zero-order valence-corrected chi connectivity index (χ0v) is 14.1. The minimum absolute atomic E-state index is 0.650. The summed E-state index contributed by atoms with van der Waals surface area (Å²) in [4.78, 5) is 1.31. The molecule has 1 aliphatic rings. The molecule has 0 bridgehead atoms. The molecule has 1 aliphatic carbocycles. The molecule has 0 spiro atoms. The second kappa shape index (κ2) is 8.31. The molecule has 0 aromatic heterocycles. The lowest BCUT2D eigenvalue weighted by molar-refractivity contribution is 0.289. The Morgan fingerprint density at radius 1 is 1.30 bits per heavy atom. The number of halogens is 1. The summed E-state index contributed by atoms with van der Waals surface area (Å²) in [6.07, 6.45) is 6.73. The Bertz CT molecular complexity index is 410. The smallest absolute Gasteiger partial charge is 0.0417 e. The van der Waals surface area contributed by atoms with Crippen LogP contribution in [0.4, 0.5) is 0 Å². The van der Waals surface area contributed by atoms with E-state index < -0.39 is 0 Å². The third-order valence-electron chi connectivity index (χ3n) is 4.15. The van der Waals surface area contributed by atoms with Crippen LogP contribution < -0.4 is 5.32 Å². The van der Waals surface area contributed by atoms with Gasteiger partial charge in [0.2, 0.25) is 0 Å². The lowest BCUT2D eigenvalue weighted by atomic mass is 9.83. The second-order valence-corrected chi connectivity index (χ2v) is 7.49. The predicted molar refractivity (Wildman–Crippen MR) is 90.8 cm³/mol. The van der Waals surface area contributed by atoms with Gasteiger partial charge >= 0.3 is 0 Å². The van der Waals surface area contributed by atoms with Gasteiger partial charge in [-0.3, -0.25) is 0 Å². The van der Waals surface area contributed by atoms with Crippen molar-refractivity contribution in [2.75, 3.05) is 6.54 Å². The van der Waals surface area contributed by atoms with E-state index in [1.807, 2.05) is 17.8 Å². The average molecular weight is 312 g/mol. The van der Waals surface area contributed by atoms with Gasteiger partial charge in [0.05, 0.1) is 0 Å². The number of nitrogens with one attached hydrogen (secondary N) is 1. The van der Waals surface area contributed by atoms with Crippen LogP contribution in [0.1, 0.15) is 46.0 Å². The van der Waals surface area contributed by atoms with Crippen molar-refractivity contribution in [3.63, 3.8) is 0 Å². The standard InChI is InChI=1S/C17H26ClNS/c1-3-6-13-9-10-16(19-4-2)17(11-13)20-15-8-5-7-14(18)12-15/h5,7-8,12-13,16-17,19H,3-4,6,9-11H2,1-2H3. The van der Waals surface area contributed by atoms with Gasteiger partial charge in [-0.1, -0.05) is 44.4 Å². The fourth-order valence-electron chi connectivity index (χ4n) is 3.22. The van der Waals surface area contributed by atoms with Gasteiger partial charge < -0.3 is 5.32 Å². The molecule has 112 valence electrons. The molecule has 20 heavy (non-hydrogen) atoms. The molecule has 0 saturated heterocycles.